The predicted octanol–water partition coefficient (Wildman–Crippen LogP) is 9.13. The molecule has 5 aromatic carbocycles. The highest BCUT2D eigenvalue weighted by Crippen LogP contribution is 2.47. The number of benzene rings is 5. The zero-order valence-corrected chi connectivity index (χ0v) is 22.7. The molecular formula is C35H27BrN2. The second-order valence-corrected chi connectivity index (χ2v) is 10.2. The second kappa shape index (κ2) is 10.3. The Morgan fingerprint density at radius 2 is 0.974 bits per heavy atom. The Balaban J connectivity index is 1.81. The maximum absolute atomic E-state index is 5.49. The number of rotatable bonds is 6. The first-order valence-electron chi connectivity index (χ1n) is 12.8. The van der Waals surface area contributed by atoms with Crippen LogP contribution in [0.4, 0.5) is 0 Å². The van der Waals surface area contributed by atoms with E-state index in [-0.39, 0.29) is 0 Å². The van der Waals surface area contributed by atoms with Gasteiger partial charge in [-0.05, 0) is 45.1 Å². The molecule has 0 N–H and O–H groups in total. The van der Waals surface area contributed by atoms with Gasteiger partial charge in [-0.25, -0.2) is 4.68 Å². The number of hydrogen-bond acceptors (Lipinski definition) is 1. The van der Waals surface area contributed by atoms with Gasteiger partial charge in [0.25, 0.3) is 0 Å². The molecule has 0 saturated heterocycles. The number of hydrogen-bond donors (Lipinski definition) is 0. The van der Waals surface area contributed by atoms with E-state index < -0.39 is 5.54 Å². The van der Waals surface area contributed by atoms with E-state index in [1.165, 1.54) is 5.56 Å². The number of nitrogens with zero attached hydrogens (tertiary/aromatic N) is 2. The largest absolute Gasteiger partial charge is 0.243 e. The minimum Gasteiger partial charge on any atom is -0.243 e. The lowest BCUT2D eigenvalue weighted by molar-refractivity contribution is 0.466. The third-order valence-corrected chi connectivity index (χ3v) is 7.92. The lowest BCUT2D eigenvalue weighted by Gasteiger charge is -2.37. The topological polar surface area (TPSA) is 17.8 Å². The lowest BCUT2D eigenvalue weighted by Crippen LogP contribution is -2.39. The molecule has 0 aliphatic carbocycles. The molecule has 0 bridgehead atoms. The van der Waals surface area contributed by atoms with Gasteiger partial charge in [0.05, 0.1) is 10.2 Å². The summed E-state index contributed by atoms with van der Waals surface area (Å²) < 4.78 is 3.21. The minimum atomic E-state index is -0.724. The van der Waals surface area contributed by atoms with Gasteiger partial charge in [0, 0.05) is 11.1 Å². The van der Waals surface area contributed by atoms with E-state index in [2.05, 4.69) is 173 Å². The molecule has 0 aliphatic rings. The molecule has 0 aliphatic heterocycles. The van der Waals surface area contributed by atoms with Crippen LogP contribution in [0.2, 0.25) is 0 Å². The summed E-state index contributed by atoms with van der Waals surface area (Å²) in [6.45, 7) is 2.14. The van der Waals surface area contributed by atoms with Crippen molar-refractivity contribution in [1.82, 2.24) is 9.78 Å². The highest BCUT2D eigenvalue weighted by atomic mass is 79.9. The zero-order chi connectivity index (χ0) is 26.0. The third-order valence-electron chi connectivity index (χ3n) is 7.17. The van der Waals surface area contributed by atoms with Gasteiger partial charge in [0.2, 0.25) is 0 Å². The first-order valence-corrected chi connectivity index (χ1v) is 13.6. The van der Waals surface area contributed by atoms with E-state index in [1.807, 2.05) is 0 Å². The molecule has 38 heavy (non-hydrogen) atoms. The van der Waals surface area contributed by atoms with Crippen molar-refractivity contribution in [2.24, 2.45) is 0 Å². The molecular weight excluding hydrogens is 528 g/mol. The van der Waals surface area contributed by atoms with E-state index >= 15 is 0 Å². The van der Waals surface area contributed by atoms with Crippen LogP contribution < -0.4 is 0 Å². The molecule has 0 fully saturated rings. The molecule has 0 atom stereocenters. The van der Waals surface area contributed by atoms with Gasteiger partial charge in [-0.2, -0.15) is 5.10 Å². The molecule has 0 spiro atoms. The van der Waals surface area contributed by atoms with Crippen molar-refractivity contribution >= 4 is 15.9 Å². The molecule has 1 aromatic heterocycles. The average Bonchev–Trinajstić information content (AvgIpc) is 3.32. The fraction of sp³-hybridized carbons (Fsp3) is 0.0571. The Hall–Kier alpha value is -4.21. The van der Waals surface area contributed by atoms with Crippen molar-refractivity contribution in [2.75, 3.05) is 0 Å². The van der Waals surface area contributed by atoms with Gasteiger partial charge < -0.3 is 0 Å². The molecule has 1 heterocycles. The number of aromatic nitrogens is 2. The smallest absolute Gasteiger partial charge is 0.138 e. The normalized spacial score (nSPS) is 11.4. The third kappa shape index (κ3) is 4.00. The molecule has 6 aromatic rings. The fourth-order valence-electron chi connectivity index (χ4n) is 5.40. The summed E-state index contributed by atoms with van der Waals surface area (Å²) in [7, 11) is 0. The summed E-state index contributed by atoms with van der Waals surface area (Å²) >= 11 is 4.04. The Morgan fingerprint density at radius 3 is 1.45 bits per heavy atom. The lowest BCUT2D eigenvalue weighted by atomic mass is 9.76. The summed E-state index contributed by atoms with van der Waals surface area (Å²) in [5.74, 6) is 0. The molecule has 184 valence electrons. The Bertz CT molecular complexity index is 1560. The van der Waals surface area contributed by atoms with Gasteiger partial charge in [-0.1, -0.05) is 146 Å². The molecule has 2 nitrogen and oxygen atoms in total. The maximum atomic E-state index is 5.49. The van der Waals surface area contributed by atoms with Gasteiger partial charge in [-0.3, -0.25) is 0 Å². The van der Waals surface area contributed by atoms with E-state index in [0.717, 1.165) is 43.7 Å². The van der Waals surface area contributed by atoms with E-state index in [9.17, 15) is 0 Å². The van der Waals surface area contributed by atoms with Gasteiger partial charge >= 0.3 is 0 Å². The summed E-state index contributed by atoms with van der Waals surface area (Å²) in [5, 5.41) is 5.49. The van der Waals surface area contributed by atoms with Crippen molar-refractivity contribution in [2.45, 2.75) is 12.5 Å². The van der Waals surface area contributed by atoms with Crippen molar-refractivity contribution < 1.29 is 0 Å². The van der Waals surface area contributed by atoms with Crippen molar-refractivity contribution in [3.05, 3.63) is 172 Å². The van der Waals surface area contributed by atoms with Gasteiger partial charge in [0.15, 0.2) is 0 Å². The van der Waals surface area contributed by atoms with Crippen LogP contribution in [-0.4, -0.2) is 9.78 Å². The summed E-state index contributed by atoms with van der Waals surface area (Å²) in [4.78, 5) is 0. The first kappa shape index (κ1) is 24.1. The average molecular weight is 556 g/mol. The monoisotopic (exact) mass is 554 g/mol. The Kier molecular flexibility index (Phi) is 6.53. The van der Waals surface area contributed by atoms with E-state index in [0.29, 0.717) is 0 Å². The Labute approximate surface area is 232 Å². The number of aryl methyl sites for hydroxylation is 1. The quantitative estimate of drug-likeness (QED) is 0.188. The molecule has 0 radical (unpaired) electrons. The first-order chi connectivity index (χ1) is 18.7. The maximum Gasteiger partial charge on any atom is 0.138 e. The van der Waals surface area contributed by atoms with Crippen LogP contribution in [0.15, 0.2) is 150 Å². The van der Waals surface area contributed by atoms with Crippen LogP contribution in [-0.2, 0) is 5.54 Å². The van der Waals surface area contributed by atoms with Gasteiger partial charge in [-0.15, -0.1) is 0 Å². The zero-order valence-electron chi connectivity index (χ0n) is 21.1. The highest BCUT2D eigenvalue weighted by Gasteiger charge is 2.42. The van der Waals surface area contributed by atoms with Crippen LogP contribution >= 0.6 is 15.9 Å². The van der Waals surface area contributed by atoms with E-state index in [4.69, 9.17) is 5.10 Å². The summed E-state index contributed by atoms with van der Waals surface area (Å²) in [5.41, 5.74) is 8.04. The number of halogens is 1. The van der Waals surface area contributed by atoms with Crippen molar-refractivity contribution in [1.29, 1.82) is 0 Å². The van der Waals surface area contributed by atoms with Crippen molar-refractivity contribution in [3.63, 3.8) is 0 Å². The summed E-state index contributed by atoms with van der Waals surface area (Å²) in [6.07, 6.45) is 0. The molecule has 0 unspecified atom stereocenters. The highest BCUT2D eigenvalue weighted by molar-refractivity contribution is 9.10. The molecule has 0 saturated carbocycles. The predicted molar refractivity (Wildman–Crippen MR) is 160 cm³/mol. The van der Waals surface area contributed by atoms with Crippen LogP contribution in [0.1, 0.15) is 22.3 Å². The standard InChI is InChI=1S/C35H27BrN2/c1-26-16-14-15-25-31(26)33-32(36)34(27-17-6-2-7-18-27)38(37-33)35(28-19-8-3-9-20-28,29-21-10-4-11-22-29)30-23-12-5-13-24-30/h2-25H,1H3. The minimum absolute atomic E-state index is 0.724. The van der Waals surface area contributed by atoms with E-state index in [1.54, 1.807) is 0 Å². The molecule has 0 amide bonds. The molecule has 3 heteroatoms. The Morgan fingerprint density at radius 1 is 0.553 bits per heavy atom. The van der Waals surface area contributed by atoms with Gasteiger partial charge in [0.1, 0.15) is 11.2 Å². The summed E-state index contributed by atoms with van der Waals surface area (Å²) in [6, 6.07) is 51.1. The van der Waals surface area contributed by atoms with Crippen molar-refractivity contribution in [3.8, 4) is 22.5 Å². The molecule has 6 rings (SSSR count). The van der Waals surface area contributed by atoms with Crippen LogP contribution in [0.3, 0.4) is 0 Å². The fourth-order valence-corrected chi connectivity index (χ4v) is 6.09. The van der Waals surface area contributed by atoms with Crippen LogP contribution in [0.5, 0.6) is 0 Å². The van der Waals surface area contributed by atoms with Crippen LogP contribution in [0, 0.1) is 6.92 Å². The van der Waals surface area contributed by atoms with Crippen LogP contribution in [0.25, 0.3) is 22.5 Å². The SMILES string of the molecule is Cc1ccccc1-c1nn(C(c2ccccc2)(c2ccccc2)c2ccccc2)c(-c2ccccc2)c1Br. The second-order valence-electron chi connectivity index (χ2n) is 9.41.